The van der Waals surface area contributed by atoms with Crippen molar-refractivity contribution < 1.29 is 4.79 Å². The number of amides is 1. The predicted molar refractivity (Wildman–Crippen MR) is 65.2 cm³/mol. The van der Waals surface area contributed by atoms with Crippen LogP contribution in [0.5, 0.6) is 0 Å². The molecule has 0 aliphatic heterocycles. The molecule has 0 atom stereocenters. The first-order valence-electron chi connectivity index (χ1n) is 5.48. The van der Waals surface area contributed by atoms with Gasteiger partial charge in [-0.25, -0.2) is 5.43 Å². The van der Waals surface area contributed by atoms with Gasteiger partial charge in [-0.05, 0) is 39.1 Å². The van der Waals surface area contributed by atoms with Gasteiger partial charge in [0, 0.05) is 12.1 Å². The molecule has 0 radical (unpaired) electrons. The standard InChI is InChI=1S/C12H19N3O/c1-10-5-3-6-11(9-10)12(16)15-14-8-4-7-13-2/h3,5-6,9,13-14H,4,7-8H2,1-2H3,(H,15,16). The van der Waals surface area contributed by atoms with Crippen molar-refractivity contribution in [2.75, 3.05) is 20.1 Å². The van der Waals surface area contributed by atoms with Crippen molar-refractivity contribution in [2.45, 2.75) is 13.3 Å². The summed E-state index contributed by atoms with van der Waals surface area (Å²) in [6.07, 6.45) is 0.977. The molecule has 0 bridgehead atoms. The molecule has 0 unspecified atom stereocenters. The lowest BCUT2D eigenvalue weighted by atomic mass is 10.1. The Bertz CT molecular complexity index is 339. The number of hydrogen-bond acceptors (Lipinski definition) is 3. The lowest BCUT2D eigenvalue weighted by molar-refractivity contribution is 0.0933. The molecule has 1 aromatic carbocycles. The van der Waals surface area contributed by atoms with Gasteiger partial charge in [0.2, 0.25) is 0 Å². The predicted octanol–water partition coefficient (Wildman–Crippen LogP) is 0.839. The monoisotopic (exact) mass is 221 g/mol. The average Bonchev–Trinajstić information content (AvgIpc) is 2.28. The van der Waals surface area contributed by atoms with E-state index in [1.54, 1.807) is 6.07 Å². The van der Waals surface area contributed by atoms with Gasteiger partial charge in [-0.15, -0.1) is 0 Å². The van der Waals surface area contributed by atoms with Crippen molar-refractivity contribution in [1.82, 2.24) is 16.2 Å². The Morgan fingerprint density at radius 1 is 1.31 bits per heavy atom. The molecule has 0 saturated heterocycles. The van der Waals surface area contributed by atoms with Gasteiger partial charge in [0.1, 0.15) is 0 Å². The summed E-state index contributed by atoms with van der Waals surface area (Å²) in [4.78, 5) is 11.6. The van der Waals surface area contributed by atoms with Crippen molar-refractivity contribution in [3.63, 3.8) is 0 Å². The van der Waals surface area contributed by atoms with E-state index in [0.717, 1.165) is 25.1 Å². The summed E-state index contributed by atoms with van der Waals surface area (Å²) in [6, 6.07) is 7.52. The minimum absolute atomic E-state index is 0.0897. The first-order valence-corrected chi connectivity index (χ1v) is 5.48. The van der Waals surface area contributed by atoms with E-state index in [1.807, 2.05) is 32.2 Å². The molecule has 1 rings (SSSR count). The Kier molecular flexibility index (Phi) is 5.53. The molecule has 4 nitrogen and oxygen atoms in total. The molecule has 0 fully saturated rings. The van der Waals surface area contributed by atoms with Crippen molar-refractivity contribution in [3.8, 4) is 0 Å². The number of aryl methyl sites for hydroxylation is 1. The lowest BCUT2D eigenvalue weighted by Gasteiger charge is -2.07. The van der Waals surface area contributed by atoms with E-state index in [4.69, 9.17) is 0 Å². The number of hydrazine groups is 1. The molecular weight excluding hydrogens is 202 g/mol. The third kappa shape index (κ3) is 4.42. The van der Waals surface area contributed by atoms with E-state index in [-0.39, 0.29) is 5.91 Å². The maximum absolute atomic E-state index is 11.6. The van der Waals surface area contributed by atoms with Gasteiger partial charge < -0.3 is 5.32 Å². The van der Waals surface area contributed by atoms with Gasteiger partial charge in [-0.3, -0.25) is 10.2 Å². The molecule has 0 aromatic heterocycles. The number of rotatable bonds is 6. The minimum Gasteiger partial charge on any atom is -0.320 e. The minimum atomic E-state index is -0.0897. The van der Waals surface area contributed by atoms with E-state index < -0.39 is 0 Å². The molecule has 88 valence electrons. The Balaban J connectivity index is 2.30. The second-order valence-corrected chi connectivity index (χ2v) is 3.71. The summed E-state index contributed by atoms with van der Waals surface area (Å²) in [5.41, 5.74) is 7.33. The molecule has 0 heterocycles. The van der Waals surface area contributed by atoms with E-state index >= 15 is 0 Å². The van der Waals surface area contributed by atoms with Gasteiger partial charge in [0.25, 0.3) is 5.91 Å². The summed E-state index contributed by atoms with van der Waals surface area (Å²) in [5, 5.41) is 3.04. The molecule has 4 heteroatoms. The van der Waals surface area contributed by atoms with Crippen LogP contribution in [0, 0.1) is 6.92 Å². The summed E-state index contributed by atoms with van der Waals surface area (Å²) in [7, 11) is 1.91. The largest absolute Gasteiger partial charge is 0.320 e. The van der Waals surface area contributed by atoms with Crippen molar-refractivity contribution >= 4 is 5.91 Å². The summed E-state index contributed by atoms with van der Waals surface area (Å²) in [6.45, 7) is 3.67. The van der Waals surface area contributed by atoms with Crippen molar-refractivity contribution in [1.29, 1.82) is 0 Å². The Labute approximate surface area is 96.4 Å². The topological polar surface area (TPSA) is 53.2 Å². The van der Waals surface area contributed by atoms with Crippen molar-refractivity contribution in [3.05, 3.63) is 35.4 Å². The Morgan fingerprint density at radius 3 is 2.81 bits per heavy atom. The molecule has 3 N–H and O–H groups in total. The van der Waals surface area contributed by atoms with Gasteiger partial charge in [0.15, 0.2) is 0 Å². The lowest BCUT2D eigenvalue weighted by Crippen LogP contribution is -2.38. The number of benzene rings is 1. The van der Waals surface area contributed by atoms with Crippen LogP contribution in [0.3, 0.4) is 0 Å². The normalized spacial score (nSPS) is 10.1. The van der Waals surface area contributed by atoms with Crippen LogP contribution in [-0.2, 0) is 0 Å². The quantitative estimate of drug-likeness (QED) is 0.493. The third-order valence-corrected chi connectivity index (χ3v) is 2.21. The van der Waals surface area contributed by atoms with Crippen molar-refractivity contribution in [2.24, 2.45) is 0 Å². The smallest absolute Gasteiger partial charge is 0.265 e. The van der Waals surface area contributed by atoms with Gasteiger partial charge in [0.05, 0.1) is 0 Å². The Hall–Kier alpha value is -1.39. The summed E-state index contributed by atoms with van der Waals surface area (Å²) >= 11 is 0. The van der Waals surface area contributed by atoms with Gasteiger partial charge in [-0.1, -0.05) is 17.7 Å². The maximum atomic E-state index is 11.6. The second kappa shape index (κ2) is 6.98. The zero-order valence-electron chi connectivity index (χ0n) is 9.84. The highest BCUT2D eigenvalue weighted by molar-refractivity contribution is 5.93. The highest BCUT2D eigenvalue weighted by Gasteiger charge is 2.03. The van der Waals surface area contributed by atoms with E-state index in [1.165, 1.54) is 0 Å². The van der Waals surface area contributed by atoms with Crippen LogP contribution in [0.25, 0.3) is 0 Å². The van der Waals surface area contributed by atoms with Crippen LogP contribution >= 0.6 is 0 Å². The number of nitrogens with one attached hydrogen (secondary N) is 3. The molecule has 16 heavy (non-hydrogen) atoms. The van der Waals surface area contributed by atoms with Crippen LogP contribution < -0.4 is 16.2 Å². The van der Waals surface area contributed by atoms with Crippen LogP contribution in [0.15, 0.2) is 24.3 Å². The van der Waals surface area contributed by atoms with Crippen LogP contribution in [0.4, 0.5) is 0 Å². The molecule has 0 aliphatic rings. The van der Waals surface area contributed by atoms with E-state index in [2.05, 4.69) is 16.2 Å². The van der Waals surface area contributed by atoms with Gasteiger partial charge in [-0.2, -0.15) is 0 Å². The molecule has 0 saturated carbocycles. The summed E-state index contributed by atoms with van der Waals surface area (Å²) in [5.74, 6) is -0.0897. The number of hydrogen-bond donors (Lipinski definition) is 3. The van der Waals surface area contributed by atoms with Crippen LogP contribution in [-0.4, -0.2) is 26.0 Å². The first-order chi connectivity index (χ1) is 7.74. The molecule has 0 aliphatic carbocycles. The fraction of sp³-hybridized carbons (Fsp3) is 0.417. The number of carbonyl (C=O) groups is 1. The van der Waals surface area contributed by atoms with E-state index in [9.17, 15) is 4.79 Å². The molecule has 1 aromatic rings. The fourth-order valence-corrected chi connectivity index (χ4v) is 1.35. The average molecular weight is 221 g/mol. The summed E-state index contributed by atoms with van der Waals surface area (Å²) < 4.78 is 0. The van der Waals surface area contributed by atoms with Crippen LogP contribution in [0.2, 0.25) is 0 Å². The highest BCUT2D eigenvalue weighted by atomic mass is 16.2. The fourth-order valence-electron chi connectivity index (χ4n) is 1.35. The number of carbonyl (C=O) groups excluding carboxylic acids is 1. The maximum Gasteiger partial charge on any atom is 0.265 e. The SMILES string of the molecule is CNCCCNNC(=O)c1cccc(C)c1. The second-order valence-electron chi connectivity index (χ2n) is 3.71. The third-order valence-electron chi connectivity index (χ3n) is 2.21. The highest BCUT2D eigenvalue weighted by Crippen LogP contribution is 2.02. The van der Waals surface area contributed by atoms with Crippen LogP contribution in [0.1, 0.15) is 22.3 Å². The zero-order chi connectivity index (χ0) is 11.8. The van der Waals surface area contributed by atoms with E-state index in [0.29, 0.717) is 5.56 Å². The zero-order valence-corrected chi connectivity index (χ0v) is 9.84. The molecule has 1 amide bonds. The molecular formula is C12H19N3O. The first kappa shape index (κ1) is 12.7. The Morgan fingerprint density at radius 2 is 2.12 bits per heavy atom. The van der Waals surface area contributed by atoms with Gasteiger partial charge >= 0.3 is 0 Å². The molecule has 0 spiro atoms.